The van der Waals surface area contributed by atoms with E-state index in [0.29, 0.717) is 25.9 Å². The molecule has 1 heterocycles. The molecule has 0 radical (unpaired) electrons. The van der Waals surface area contributed by atoms with E-state index in [2.05, 4.69) is 5.32 Å². The summed E-state index contributed by atoms with van der Waals surface area (Å²) < 4.78 is 34.6. The van der Waals surface area contributed by atoms with E-state index in [0.717, 1.165) is 0 Å². The summed E-state index contributed by atoms with van der Waals surface area (Å²) >= 11 is 0. The Labute approximate surface area is 149 Å². The van der Waals surface area contributed by atoms with Gasteiger partial charge in [0.05, 0.1) is 30.0 Å². The molecule has 2 aliphatic rings. The fourth-order valence-electron chi connectivity index (χ4n) is 3.56. The van der Waals surface area contributed by atoms with Crippen molar-refractivity contribution >= 4 is 13.7 Å². The second kappa shape index (κ2) is 8.03. The average Bonchev–Trinajstić information content (AvgIpc) is 2.62. The second-order valence-corrected chi connectivity index (χ2v) is 8.52. The van der Waals surface area contributed by atoms with Gasteiger partial charge in [0.25, 0.3) is 0 Å². The molecule has 1 saturated heterocycles. The number of fused-ring (bicyclic) bond motifs is 2. The van der Waals surface area contributed by atoms with Crippen LogP contribution in [0.1, 0.15) is 53.9 Å². The first-order chi connectivity index (χ1) is 11.6. The lowest BCUT2D eigenvalue weighted by atomic mass is 9.87. The largest absolute Gasteiger partial charge is 0.472 e. The molecule has 1 aliphatic heterocycles. The number of carbonyl (C=O) groups excluding carboxylic acids is 1. The molecule has 1 aliphatic carbocycles. The molecule has 2 fully saturated rings. The smallest absolute Gasteiger partial charge is 0.375 e. The molecule has 9 heteroatoms. The first-order valence-electron chi connectivity index (χ1n) is 8.87. The molecule has 5 atom stereocenters. The Kier molecular flexibility index (Phi) is 6.68. The van der Waals surface area contributed by atoms with Crippen molar-refractivity contribution < 1.29 is 32.8 Å². The molecular formula is C16H30NO7P. The minimum atomic E-state index is -4.29. The third kappa shape index (κ3) is 4.81. The topological polar surface area (TPSA) is 103 Å². The van der Waals surface area contributed by atoms with Crippen LogP contribution in [-0.2, 0) is 27.9 Å². The summed E-state index contributed by atoms with van der Waals surface area (Å²) in [5, 5.41) is 3.00. The SMILES string of the molecule is CCC(=O)N[C@@]12CCO[C@H](C[C@H]1OC(C)C)C2OP(=O)(O)OC(C)C. The summed E-state index contributed by atoms with van der Waals surface area (Å²) in [4.78, 5) is 22.2. The molecule has 2 bridgehead atoms. The van der Waals surface area contributed by atoms with Gasteiger partial charge in [0.15, 0.2) is 0 Å². The molecule has 8 nitrogen and oxygen atoms in total. The number of hydrogen-bond acceptors (Lipinski definition) is 6. The molecule has 0 aromatic rings. The van der Waals surface area contributed by atoms with Gasteiger partial charge in [-0.1, -0.05) is 6.92 Å². The van der Waals surface area contributed by atoms with Gasteiger partial charge in [-0.05, 0) is 34.1 Å². The van der Waals surface area contributed by atoms with E-state index in [9.17, 15) is 14.3 Å². The molecule has 2 unspecified atom stereocenters. The highest BCUT2D eigenvalue weighted by molar-refractivity contribution is 7.47. The molecule has 0 spiro atoms. The minimum Gasteiger partial charge on any atom is -0.375 e. The maximum Gasteiger partial charge on any atom is 0.472 e. The molecule has 0 aromatic carbocycles. The van der Waals surface area contributed by atoms with E-state index < -0.39 is 31.7 Å². The lowest BCUT2D eigenvalue weighted by Crippen LogP contribution is -2.64. The van der Waals surface area contributed by atoms with Crippen molar-refractivity contribution in [2.45, 2.75) is 89.9 Å². The molecular weight excluding hydrogens is 349 g/mol. The highest BCUT2D eigenvalue weighted by Crippen LogP contribution is 2.53. The first-order valence-corrected chi connectivity index (χ1v) is 10.4. The maximum absolute atomic E-state index is 12.3. The third-order valence-electron chi connectivity index (χ3n) is 4.43. The number of amides is 1. The number of rotatable bonds is 8. The highest BCUT2D eigenvalue weighted by atomic mass is 31.2. The van der Waals surface area contributed by atoms with Crippen LogP contribution in [0.3, 0.4) is 0 Å². The van der Waals surface area contributed by atoms with Gasteiger partial charge >= 0.3 is 7.82 Å². The van der Waals surface area contributed by atoms with Crippen molar-refractivity contribution in [2.24, 2.45) is 0 Å². The zero-order valence-corrected chi connectivity index (χ0v) is 16.5. The van der Waals surface area contributed by atoms with Crippen LogP contribution < -0.4 is 5.32 Å². The number of nitrogens with one attached hydrogen (secondary N) is 1. The molecule has 0 aromatic heterocycles. The van der Waals surface area contributed by atoms with E-state index in [4.69, 9.17) is 18.5 Å². The second-order valence-electron chi connectivity index (χ2n) is 7.16. The number of ether oxygens (including phenoxy) is 2. The summed E-state index contributed by atoms with van der Waals surface area (Å²) in [5.74, 6) is -0.161. The predicted octanol–water partition coefficient (Wildman–Crippen LogP) is 2.15. The van der Waals surface area contributed by atoms with Crippen LogP contribution in [0.2, 0.25) is 0 Å². The Morgan fingerprint density at radius 3 is 2.60 bits per heavy atom. The zero-order valence-electron chi connectivity index (χ0n) is 15.6. The van der Waals surface area contributed by atoms with Gasteiger partial charge in [-0.15, -0.1) is 0 Å². The van der Waals surface area contributed by atoms with Crippen molar-refractivity contribution in [3.63, 3.8) is 0 Å². The fraction of sp³-hybridized carbons (Fsp3) is 0.938. The zero-order chi connectivity index (χ0) is 18.8. The van der Waals surface area contributed by atoms with E-state index in [1.165, 1.54) is 0 Å². The third-order valence-corrected chi connectivity index (χ3v) is 5.62. The van der Waals surface area contributed by atoms with Gasteiger partial charge in [-0.3, -0.25) is 13.8 Å². The summed E-state index contributed by atoms with van der Waals surface area (Å²) in [6, 6.07) is 0. The van der Waals surface area contributed by atoms with Crippen LogP contribution in [0.4, 0.5) is 0 Å². The minimum absolute atomic E-state index is 0.0618. The van der Waals surface area contributed by atoms with Crippen LogP contribution in [0.5, 0.6) is 0 Å². The van der Waals surface area contributed by atoms with E-state index >= 15 is 0 Å². The number of carbonyl (C=O) groups is 1. The van der Waals surface area contributed by atoms with Crippen molar-refractivity contribution in [2.75, 3.05) is 6.61 Å². The summed E-state index contributed by atoms with van der Waals surface area (Å²) in [5.41, 5.74) is -0.904. The number of hydrogen-bond donors (Lipinski definition) is 2. The quantitative estimate of drug-likeness (QED) is 0.623. The first kappa shape index (κ1) is 20.8. The van der Waals surface area contributed by atoms with Crippen LogP contribution in [-0.4, -0.2) is 53.5 Å². The fourth-order valence-corrected chi connectivity index (χ4v) is 4.76. The monoisotopic (exact) mass is 379 g/mol. The lowest BCUT2D eigenvalue weighted by molar-refractivity contribution is -0.137. The number of phosphoric ester groups is 1. The average molecular weight is 379 g/mol. The van der Waals surface area contributed by atoms with Gasteiger partial charge in [-0.25, -0.2) is 4.57 Å². The summed E-state index contributed by atoms with van der Waals surface area (Å²) in [7, 11) is -4.29. The highest BCUT2D eigenvalue weighted by Gasteiger charge is 2.62. The Bertz CT molecular complexity index is 527. The van der Waals surface area contributed by atoms with Crippen LogP contribution in [0.15, 0.2) is 0 Å². The van der Waals surface area contributed by atoms with Gasteiger partial charge in [0.1, 0.15) is 6.10 Å². The summed E-state index contributed by atoms with van der Waals surface area (Å²) in [6.07, 6.45) is -0.920. The van der Waals surface area contributed by atoms with Gasteiger partial charge in [0.2, 0.25) is 5.91 Å². The molecule has 1 amide bonds. The van der Waals surface area contributed by atoms with Crippen molar-refractivity contribution in [1.29, 1.82) is 0 Å². The lowest BCUT2D eigenvalue weighted by Gasteiger charge is -2.44. The van der Waals surface area contributed by atoms with Gasteiger partial charge in [0, 0.05) is 19.4 Å². The summed E-state index contributed by atoms with van der Waals surface area (Å²) in [6.45, 7) is 9.30. The van der Waals surface area contributed by atoms with Crippen molar-refractivity contribution in [1.82, 2.24) is 5.32 Å². The van der Waals surface area contributed by atoms with E-state index in [1.807, 2.05) is 13.8 Å². The van der Waals surface area contributed by atoms with Crippen molar-refractivity contribution in [3.05, 3.63) is 0 Å². The molecule has 2 rings (SSSR count). The Hall–Kier alpha value is -0.500. The van der Waals surface area contributed by atoms with Crippen molar-refractivity contribution in [3.8, 4) is 0 Å². The Morgan fingerprint density at radius 2 is 2.04 bits per heavy atom. The van der Waals surface area contributed by atoms with Crippen LogP contribution >= 0.6 is 7.82 Å². The van der Waals surface area contributed by atoms with E-state index in [-0.39, 0.29) is 18.1 Å². The standard InChI is InChI=1S/C16H30NO7P/c1-6-14(18)17-16-7-8-21-12(9-13(16)22-10(2)3)15(16)24-25(19,20)23-11(4)5/h10-13,15H,6-9H2,1-5H3,(H,17,18)(H,19,20)/t12-,13-,15?,16+/m1/s1. The van der Waals surface area contributed by atoms with Gasteiger partial charge < -0.3 is 19.7 Å². The van der Waals surface area contributed by atoms with Gasteiger partial charge in [-0.2, -0.15) is 0 Å². The maximum atomic E-state index is 12.3. The molecule has 2 N–H and O–H groups in total. The molecule has 25 heavy (non-hydrogen) atoms. The van der Waals surface area contributed by atoms with Crippen LogP contribution in [0, 0.1) is 0 Å². The Morgan fingerprint density at radius 1 is 1.36 bits per heavy atom. The van der Waals surface area contributed by atoms with E-state index in [1.54, 1.807) is 20.8 Å². The molecule has 146 valence electrons. The normalized spacial score (nSPS) is 34.3. The Balaban J connectivity index is 2.31. The van der Waals surface area contributed by atoms with Crippen LogP contribution in [0.25, 0.3) is 0 Å². The number of phosphoric acid groups is 1. The predicted molar refractivity (Wildman–Crippen MR) is 91.1 cm³/mol. The molecule has 1 saturated carbocycles.